The maximum absolute atomic E-state index is 6.70. The first-order chi connectivity index (χ1) is 41.7. The van der Waals surface area contributed by atoms with Gasteiger partial charge in [-0.25, -0.2) is 0 Å². The predicted molar refractivity (Wildman–Crippen MR) is 345 cm³/mol. The first-order valence-corrected chi connectivity index (χ1v) is 28.9. The van der Waals surface area contributed by atoms with Gasteiger partial charge in [0.1, 0.15) is 22.3 Å². The van der Waals surface area contributed by atoms with Gasteiger partial charge in [-0.2, -0.15) is 0 Å². The summed E-state index contributed by atoms with van der Waals surface area (Å²) < 4.78 is 13.4. The van der Waals surface area contributed by atoms with Gasteiger partial charge in [0.25, 0.3) is 0 Å². The highest BCUT2D eigenvalue weighted by atomic mass is 16.3. The third kappa shape index (κ3) is 6.95. The molecule has 2 aliphatic rings. The fourth-order valence-corrected chi connectivity index (χ4v) is 14.6. The van der Waals surface area contributed by atoms with Gasteiger partial charge in [-0.15, -0.1) is 0 Å². The van der Waals surface area contributed by atoms with E-state index in [1.165, 1.54) is 66.8 Å². The van der Waals surface area contributed by atoms with Gasteiger partial charge in [0.2, 0.25) is 0 Å². The molecule has 15 aromatic rings. The lowest BCUT2D eigenvalue weighted by atomic mass is 9.68. The van der Waals surface area contributed by atoms with Gasteiger partial charge >= 0.3 is 0 Å². The van der Waals surface area contributed by atoms with E-state index < -0.39 is 10.8 Å². The number of fused-ring (bicyclic) bond motifs is 12. The van der Waals surface area contributed by atoms with Crippen LogP contribution in [-0.2, 0) is 10.8 Å². The van der Waals surface area contributed by atoms with Gasteiger partial charge in [-0.1, -0.05) is 231 Å². The molecule has 0 saturated heterocycles. The summed E-state index contributed by atoms with van der Waals surface area (Å²) >= 11 is 0. The molecular formula is C80H52N2O2. The third-order valence-electron chi connectivity index (χ3n) is 18.0. The van der Waals surface area contributed by atoms with Crippen LogP contribution < -0.4 is 9.80 Å². The Hall–Kier alpha value is -10.9. The molecule has 2 heterocycles. The normalized spacial score (nSPS) is 13.4. The van der Waals surface area contributed by atoms with Crippen LogP contribution in [0, 0.1) is 0 Å². The van der Waals surface area contributed by atoms with Gasteiger partial charge in [0, 0.05) is 50.7 Å². The second-order valence-corrected chi connectivity index (χ2v) is 22.2. The topological polar surface area (TPSA) is 32.8 Å². The molecule has 4 nitrogen and oxygen atoms in total. The molecule has 0 radical (unpaired) electrons. The van der Waals surface area contributed by atoms with Crippen molar-refractivity contribution in [2.24, 2.45) is 0 Å². The van der Waals surface area contributed by atoms with Crippen molar-refractivity contribution in [3.8, 4) is 22.3 Å². The predicted octanol–water partition coefficient (Wildman–Crippen LogP) is 21.2. The van der Waals surface area contributed by atoms with E-state index in [4.69, 9.17) is 8.83 Å². The Morgan fingerprint density at radius 2 is 0.607 bits per heavy atom. The van der Waals surface area contributed by atoms with Gasteiger partial charge in [0.05, 0.1) is 21.9 Å². The zero-order valence-corrected chi connectivity index (χ0v) is 45.7. The molecule has 0 bridgehead atoms. The summed E-state index contributed by atoms with van der Waals surface area (Å²) in [6, 6.07) is 115. The summed E-state index contributed by atoms with van der Waals surface area (Å²) in [5, 5.41) is 4.28. The quantitative estimate of drug-likeness (QED) is 0.137. The van der Waals surface area contributed by atoms with E-state index in [2.05, 4.69) is 313 Å². The number of anilines is 6. The lowest BCUT2D eigenvalue weighted by Gasteiger charge is -2.34. The Morgan fingerprint density at radius 1 is 0.226 bits per heavy atom. The van der Waals surface area contributed by atoms with Gasteiger partial charge in [-0.3, -0.25) is 0 Å². The fraction of sp³-hybridized carbons (Fsp3) is 0.0250. The molecule has 2 aliphatic carbocycles. The minimum Gasteiger partial charge on any atom is -0.456 e. The van der Waals surface area contributed by atoms with Crippen LogP contribution >= 0.6 is 0 Å². The Bertz CT molecular complexity index is 4960. The number of hydrogen-bond donors (Lipinski definition) is 0. The van der Waals surface area contributed by atoms with Crippen molar-refractivity contribution in [2.45, 2.75) is 10.8 Å². The summed E-state index contributed by atoms with van der Waals surface area (Å²) in [6.07, 6.45) is 0. The highest BCUT2D eigenvalue weighted by Crippen LogP contribution is 2.60. The van der Waals surface area contributed by atoms with Crippen molar-refractivity contribution in [2.75, 3.05) is 9.80 Å². The number of furan rings is 2. The number of rotatable bonds is 10. The summed E-state index contributed by atoms with van der Waals surface area (Å²) in [7, 11) is 0. The standard InChI is InChI=1S/C80H52N2O2/c1-5-23-53(24-6-1)79(54-25-7-2-8-26-54)69-37-17-13-33-62(69)67-50-59(44-47-71(67)79)81(61-43-46-65-64-35-15-19-40-74(64)84-77(65)52-61)57-31-21-32-58(49-57)82(73-39-22-42-76-78(73)66-36-16-20-41-75(66)83-76)60-45-48-72-68(51-60)63-34-14-18-38-70(63)80(72,55-27-9-3-10-28-55)56-29-11-4-12-30-56/h1-52H. The molecule has 0 aliphatic heterocycles. The number of benzene rings is 13. The zero-order chi connectivity index (χ0) is 55.3. The van der Waals surface area contributed by atoms with Gasteiger partial charge < -0.3 is 18.6 Å². The van der Waals surface area contributed by atoms with E-state index in [-0.39, 0.29) is 0 Å². The molecule has 0 amide bonds. The minimum atomic E-state index is -0.543. The van der Waals surface area contributed by atoms with E-state index in [1.54, 1.807) is 0 Å². The van der Waals surface area contributed by atoms with Gasteiger partial charge in [0.15, 0.2) is 0 Å². The molecule has 0 fully saturated rings. The second-order valence-electron chi connectivity index (χ2n) is 22.2. The van der Waals surface area contributed by atoms with E-state index in [0.717, 1.165) is 78.0 Å². The maximum atomic E-state index is 6.70. The van der Waals surface area contributed by atoms with Crippen LogP contribution in [0.5, 0.6) is 0 Å². The molecule has 17 rings (SSSR count). The van der Waals surface area contributed by atoms with E-state index in [0.29, 0.717) is 0 Å². The molecule has 0 saturated carbocycles. The van der Waals surface area contributed by atoms with E-state index in [9.17, 15) is 0 Å². The number of nitrogens with zero attached hydrogens (tertiary/aromatic N) is 2. The molecule has 394 valence electrons. The van der Waals surface area contributed by atoms with Crippen LogP contribution in [0.25, 0.3) is 66.1 Å². The lowest BCUT2D eigenvalue weighted by molar-refractivity contribution is 0.668. The van der Waals surface area contributed by atoms with Crippen molar-refractivity contribution in [1.29, 1.82) is 0 Å². The van der Waals surface area contributed by atoms with Crippen molar-refractivity contribution >= 4 is 78.0 Å². The molecule has 13 aromatic carbocycles. The zero-order valence-electron chi connectivity index (χ0n) is 45.7. The molecule has 0 N–H and O–H groups in total. The molecule has 4 heteroatoms. The molecule has 0 spiro atoms. The number of para-hydroxylation sites is 2. The largest absolute Gasteiger partial charge is 0.456 e. The molecule has 84 heavy (non-hydrogen) atoms. The first-order valence-electron chi connectivity index (χ1n) is 28.9. The Labute approximate surface area is 487 Å². The highest BCUT2D eigenvalue weighted by molar-refractivity contribution is 6.14. The first kappa shape index (κ1) is 47.8. The van der Waals surface area contributed by atoms with Gasteiger partial charge in [-0.05, 0) is 146 Å². The molecular weight excluding hydrogens is 1020 g/mol. The van der Waals surface area contributed by atoms with Crippen LogP contribution in [0.1, 0.15) is 44.5 Å². The van der Waals surface area contributed by atoms with Crippen LogP contribution in [0.15, 0.2) is 324 Å². The SMILES string of the molecule is c1ccc(C2(c3ccccc3)c3ccccc3-c3cc(N(c4cccc(N(c5ccc6c(c5)-c5ccccc5C6(c5ccccc5)c5ccccc5)c5cccc6oc7ccccc7c56)c4)c4ccc5c(c4)oc4ccccc45)ccc32)cc1. The highest BCUT2D eigenvalue weighted by Gasteiger charge is 2.48. The van der Waals surface area contributed by atoms with Crippen molar-refractivity contribution in [3.05, 3.63) is 360 Å². The monoisotopic (exact) mass is 1070 g/mol. The van der Waals surface area contributed by atoms with Crippen LogP contribution in [-0.4, -0.2) is 0 Å². The molecule has 0 atom stereocenters. The minimum absolute atomic E-state index is 0.540. The Morgan fingerprint density at radius 3 is 1.18 bits per heavy atom. The average Bonchev–Trinajstić information content (AvgIpc) is 1.65. The Kier molecular flexibility index (Phi) is 10.7. The number of hydrogen-bond acceptors (Lipinski definition) is 4. The summed E-state index contributed by atoms with van der Waals surface area (Å²) in [6.45, 7) is 0. The fourth-order valence-electron chi connectivity index (χ4n) is 14.6. The van der Waals surface area contributed by atoms with Crippen LogP contribution in [0.3, 0.4) is 0 Å². The van der Waals surface area contributed by atoms with E-state index >= 15 is 0 Å². The van der Waals surface area contributed by atoms with Crippen molar-refractivity contribution in [1.82, 2.24) is 0 Å². The summed E-state index contributed by atoms with van der Waals surface area (Å²) in [5.74, 6) is 0. The van der Waals surface area contributed by atoms with E-state index in [1.807, 2.05) is 12.1 Å². The summed E-state index contributed by atoms with van der Waals surface area (Å²) in [4.78, 5) is 4.85. The summed E-state index contributed by atoms with van der Waals surface area (Å²) in [5.41, 5.74) is 23.1. The lowest BCUT2D eigenvalue weighted by Crippen LogP contribution is -2.28. The van der Waals surface area contributed by atoms with Crippen molar-refractivity contribution in [3.63, 3.8) is 0 Å². The van der Waals surface area contributed by atoms with Crippen LogP contribution in [0.4, 0.5) is 34.1 Å². The maximum Gasteiger partial charge on any atom is 0.137 e. The molecule has 0 unspecified atom stereocenters. The van der Waals surface area contributed by atoms with Crippen molar-refractivity contribution < 1.29 is 8.83 Å². The Balaban J connectivity index is 0.904. The van der Waals surface area contributed by atoms with Crippen LogP contribution in [0.2, 0.25) is 0 Å². The average molecular weight is 1070 g/mol. The smallest absolute Gasteiger partial charge is 0.137 e. The second kappa shape index (κ2) is 18.8. The third-order valence-corrected chi connectivity index (χ3v) is 18.0. The molecule has 2 aromatic heterocycles.